The quantitative estimate of drug-likeness (QED) is 0.891. The van der Waals surface area contributed by atoms with Crippen molar-refractivity contribution in [2.24, 2.45) is 5.73 Å². The van der Waals surface area contributed by atoms with Gasteiger partial charge in [-0.1, -0.05) is 26.0 Å². The SMILES string of the molecule is CC(C)c1ccc(OC(=O)N2CCC(N)CC2)cc1. The van der Waals surface area contributed by atoms with Gasteiger partial charge in [0.25, 0.3) is 0 Å². The summed E-state index contributed by atoms with van der Waals surface area (Å²) in [5, 5.41) is 0. The summed E-state index contributed by atoms with van der Waals surface area (Å²) in [5.74, 6) is 1.08. The summed E-state index contributed by atoms with van der Waals surface area (Å²) in [7, 11) is 0. The van der Waals surface area contributed by atoms with E-state index in [2.05, 4.69) is 13.8 Å². The molecule has 19 heavy (non-hydrogen) atoms. The van der Waals surface area contributed by atoms with E-state index in [0.29, 0.717) is 24.8 Å². The summed E-state index contributed by atoms with van der Waals surface area (Å²) in [6.07, 6.45) is 1.42. The monoisotopic (exact) mass is 262 g/mol. The lowest BCUT2D eigenvalue weighted by Gasteiger charge is -2.29. The van der Waals surface area contributed by atoms with Gasteiger partial charge >= 0.3 is 6.09 Å². The third kappa shape index (κ3) is 3.70. The van der Waals surface area contributed by atoms with Crippen LogP contribution in [0.25, 0.3) is 0 Å². The molecule has 4 heteroatoms. The van der Waals surface area contributed by atoms with Crippen molar-refractivity contribution in [3.05, 3.63) is 29.8 Å². The Morgan fingerprint density at radius 2 is 1.84 bits per heavy atom. The van der Waals surface area contributed by atoms with Crippen LogP contribution in [0.5, 0.6) is 5.75 Å². The molecule has 1 heterocycles. The van der Waals surface area contributed by atoms with Crippen molar-refractivity contribution >= 4 is 6.09 Å². The molecule has 0 spiro atoms. The second-order valence-corrected chi connectivity index (χ2v) is 5.42. The van der Waals surface area contributed by atoms with E-state index in [0.717, 1.165) is 12.8 Å². The zero-order valence-electron chi connectivity index (χ0n) is 11.6. The molecule has 1 aromatic rings. The lowest BCUT2D eigenvalue weighted by molar-refractivity contribution is 0.139. The molecular weight excluding hydrogens is 240 g/mol. The van der Waals surface area contributed by atoms with Crippen LogP contribution < -0.4 is 10.5 Å². The highest BCUT2D eigenvalue weighted by molar-refractivity contribution is 5.70. The molecule has 2 rings (SSSR count). The number of amides is 1. The summed E-state index contributed by atoms with van der Waals surface area (Å²) < 4.78 is 5.37. The first-order valence-electron chi connectivity index (χ1n) is 6.88. The summed E-state index contributed by atoms with van der Waals surface area (Å²) in [6.45, 7) is 5.64. The maximum absolute atomic E-state index is 12.0. The number of piperidine rings is 1. The molecular formula is C15H22N2O2. The van der Waals surface area contributed by atoms with E-state index >= 15 is 0 Å². The molecule has 104 valence electrons. The van der Waals surface area contributed by atoms with Gasteiger partial charge in [0.05, 0.1) is 0 Å². The summed E-state index contributed by atoms with van der Waals surface area (Å²) >= 11 is 0. The minimum atomic E-state index is -0.274. The number of hydrogen-bond acceptors (Lipinski definition) is 3. The molecule has 0 aromatic heterocycles. The first kappa shape index (κ1) is 13.9. The normalized spacial score (nSPS) is 16.7. The van der Waals surface area contributed by atoms with Crippen molar-refractivity contribution < 1.29 is 9.53 Å². The lowest BCUT2D eigenvalue weighted by Crippen LogP contribution is -2.44. The van der Waals surface area contributed by atoms with Crippen molar-refractivity contribution in [3.8, 4) is 5.75 Å². The van der Waals surface area contributed by atoms with E-state index in [1.165, 1.54) is 5.56 Å². The van der Waals surface area contributed by atoms with Crippen molar-refractivity contribution in [1.82, 2.24) is 4.90 Å². The maximum Gasteiger partial charge on any atom is 0.415 e. The molecule has 0 atom stereocenters. The number of hydrogen-bond donors (Lipinski definition) is 1. The van der Waals surface area contributed by atoms with E-state index in [4.69, 9.17) is 10.5 Å². The molecule has 0 unspecified atom stereocenters. The Balaban J connectivity index is 1.91. The number of nitrogens with two attached hydrogens (primary N) is 1. The van der Waals surface area contributed by atoms with Crippen LogP contribution in [0, 0.1) is 0 Å². The van der Waals surface area contributed by atoms with E-state index in [-0.39, 0.29) is 12.1 Å². The third-order valence-electron chi connectivity index (χ3n) is 3.55. The molecule has 0 bridgehead atoms. The first-order chi connectivity index (χ1) is 9.06. The average molecular weight is 262 g/mol. The van der Waals surface area contributed by atoms with Crippen LogP contribution in [0.15, 0.2) is 24.3 Å². The number of rotatable bonds is 2. The van der Waals surface area contributed by atoms with Gasteiger partial charge in [0.1, 0.15) is 5.75 Å². The van der Waals surface area contributed by atoms with Crippen LogP contribution >= 0.6 is 0 Å². The highest BCUT2D eigenvalue weighted by Gasteiger charge is 2.21. The number of likely N-dealkylation sites (tertiary alicyclic amines) is 1. The number of benzene rings is 1. The number of ether oxygens (including phenoxy) is 1. The predicted molar refractivity (Wildman–Crippen MR) is 75.3 cm³/mol. The molecule has 1 aliphatic rings. The summed E-state index contributed by atoms with van der Waals surface area (Å²) in [5.41, 5.74) is 7.06. The smallest absolute Gasteiger partial charge is 0.410 e. The molecule has 1 aromatic carbocycles. The van der Waals surface area contributed by atoms with Gasteiger partial charge in [-0.15, -0.1) is 0 Å². The average Bonchev–Trinajstić information content (AvgIpc) is 2.40. The van der Waals surface area contributed by atoms with Gasteiger partial charge in [0.2, 0.25) is 0 Å². The fourth-order valence-corrected chi connectivity index (χ4v) is 2.17. The lowest BCUT2D eigenvalue weighted by atomic mass is 10.0. The highest BCUT2D eigenvalue weighted by atomic mass is 16.6. The van der Waals surface area contributed by atoms with Crippen molar-refractivity contribution in [2.45, 2.75) is 38.6 Å². The molecule has 2 N–H and O–H groups in total. The van der Waals surface area contributed by atoms with E-state index in [9.17, 15) is 4.79 Å². The Kier molecular flexibility index (Phi) is 4.43. The molecule has 4 nitrogen and oxygen atoms in total. The van der Waals surface area contributed by atoms with Gasteiger partial charge in [-0.25, -0.2) is 4.79 Å². The first-order valence-corrected chi connectivity index (χ1v) is 6.88. The van der Waals surface area contributed by atoms with Gasteiger partial charge in [-0.3, -0.25) is 0 Å². The Morgan fingerprint density at radius 1 is 1.26 bits per heavy atom. The molecule has 1 saturated heterocycles. The fourth-order valence-electron chi connectivity index (χ4n) is 2.17. The number of carbonyl (C=O) groups is 1. The highest BCUT2D eigenvalue weighted by Crippen LogP contribution is 2.19. The number of nitrogens with zero attached hydrogens (tertiary/aromatic N) is 1. The largest absolute Gasteiger partial charge is 0.415 e. The van der Waals surface area contributed by atoms with Gasteiger partial charge < -0.3 is 15.4 Å². The van der Waals surface area contributed by atoms with Crippen LogP contribution in [-0.4, -0.2) is 30.1 Å². The summed E-state index contributed by atoms with van der Waals surface area (Å²) in [4.78, 5) is 13.7. The molecule has 1 fully saturated rings. The van der Waals surface area contributed by atoms with Crippen molar-refractivity contribution in [2.75, 3.05) is 13.1 Å². The van der Waals surface area contributed by atoms with Gasteiger partial charge in [0, 0.05) is 19.1 Å². The molecule has 0 radical (unpaired) electrons. The Labute approximate surface area is 114 Å². The predicted octanol–water partition coefficient (Wildman–Crippen LogP) is 2.73. The molecule has 1 aliphatic heterocycles. The van der Waals surface area contributed by atoms with E-state index in [1.54, 1.807) is 4.90 Å². The van der Waals surface area contributed by atoms with E-state index < -0.39 is 0 Å². The van der Waals surface area contributed by atoms with Crippen LogP contribution in [0.4, 0.5) is 4.79 Å². The molecule has 0 saturated carbocycles. The Bertz CT molecular complexity index is 420. The van der Waals surface area contributed by atoms with Gasteiger partial charge in [-0.2, -0.15) is 0 Å². The number of carbonyl (C=O) groups excluding carboxylic acids is 1. The minimum absolute atomic E-state index is 0.217. The minimum Gasteiger partial charge on any atom is -0.410 e. The second-order valence-electron chi connectivity index (χ2n) is 5.42. The van der Waals surface area contributed by atoms with Crippen molar-refractivity contribution in [1.29, 1.82) is 0 Å². The van der Waals surface area contributed by atoms with Crippen LogP contribution in [-0.2, 0) is 0 Å². The van der Waals surface area contributed by atoms with Gasteiger partial charge in [-0.05, 0) is 36.5 Å². The topological polar surface area (TPSA) is 55.6 Å². The Morgan fingerprint density at radius 3 is 2.37 bits per heavy atom. The van der Waals surface area contributed by atoms with Gasteiger partial charge in [0.15, 0.2) is 0 Å². The maximum atomic E-state index is 12.0. The fraction of sp³-hybridized carbons (Fsp3) is 0.533. The van der Waals surface area contributed by atoms with Crippen molar-refractivity contribution in [3.63, 3.8) is 0 Å². The van der Waals surface area contributed by atoms with Crippen LogP contribution in [0.2, 0.25) is 0 Å². The standard InChI is InChI=1S/C15H22N2O2/c1-11(2)12-3-5-14(6-4-12)19-15(18)17-9-7-13(16)8-10-17/h3-6,11,13H,7-10,16H2,1-2H3. The van der Waals surface area contributed by atoms with Crippen LogP contribution in [0.1, 0.15) is 38.2 Å². The Hall–Kier alpha value is -1.55. The second kappa shape index (κ2) is 6.06. The zero-order chi connectivity index (χ0) is 13.8. The molecule has 0 aliphatic carbocycles. The molecule has 1 amide bonds. The summed E-state index contributed by atoms with van der Waals surface area (Å²) in [6, 6.07) is 7.92. The van der Waals surface area contributed by atoms with Crippen LogP contribution in [0.3, 0.4) is 0 Å². The van der Waals surface area contributed by atoms with E-state index in [1.807, 2.05) is 24.3 Å². The third-order valence-corrected chi connectivity index (χ3v) is 3.55. The zero-order valence-corrected chi connectivity index (χ0v) is 11.6.